The predicted molar refractivity (Wildman–Crippen MR) is 79.6 cm³/mol. The van der Waals surface area contributed by atoms with Gasteiger partial charge in [0.25, 0.3) is 0 Å². The first-order valence-corrected chi connectivity index (χ1v) is 6.62. The molecular weight excluding hydrogens is 251 g/mol. The van der Waals surface area contributed by atoms with E-state index in [9.17, 15) is 9.50 Å². The summed E-state index contributed by atoms with van der Waals surface area (Å²) in [6.07, 6.45) is -0.436. The zero-order valence-electron chi connectivity index (χ0n) is 11.6. The van der Waals surface area contributed by atoms with Gasteiger partial charge in [-0.3, -0.25) is 0 Å². The van der Waals surface area contributed by atoms with Crippen molar-refractivity contribution >= 4 is 0 Å². The van der Waals surface area contributed by atoms with E-state index in [0.717, 1.165) is 16.7 Å². The van der Waals surface area contributed by atoms with Gasteiger partial charge in [0.15, 0.2) is 0 Å². The highest BCUT2D eigenvalue weighted by molar-refractivity contribution is 5.64. The van der Waals surface area contributed by atoms with Crippen molar-refractivity contribution in [3.63, 3.8) is 0 Å². The van der Waals surface area contributed by atoms with Crippen molar-refractivity contribution in [1.29, 1.82) is 0 Å². The van der Waals surface area contributed by atoms with Crippen LogP contribution in [-0.2, 0) is 0 Å². The van der Waals surface area contributed by atoms with Crippen LogP contribution in [0, 0.1) is 23.6 Å². The van der Waals surface area contributed by atoms with Gasteiger partial charge in [0.05, 0.1) is 6.10 Å². The monoisotopic (exact) mass is 268 g/mol. The van der Waals surface area contributed by atoms with Crippen LogP contribution < -0.4 is 0 Å². The molecule has 0 saturated carbocycles. The molecule has 0 aliphatic rings. The second-order valence-electron chi connectivity index (χ2n) is 4.89. The second kappa shape index (κ2) is 6.36. The fourth-order valence-corrected chi connectivity index (χ4v) is 1.73. The molecule has 0 amide bonds. The van der Waals surface area contributed by atoms with Gasteiger partial charge in [-0.15, -0.1) is 0 Å². The highest BCUT2D eigenvalue weighted by atomic mass is 19.1. The van der Waals surface area contributed by atoms with E-state index in [-0.39, 0.29) is 11.7 Å². The van der Waals surface area contributed by atoms with Crippen molar-refractivity contribution in [1.82, 2.24) is 0 Å². The molecule has 0 bridgehead atoms. The maximum Gasteiger partial charge on any atom is 0.123 e. The largest absolute Gasteiger partial charge is 0.392 e. The molecule has 2 aromatic carbocycles. The van der Waals surface area contributed by atoms with E-state index < -0.39 is 6.10 Å². The van der Waals surface area contributed by atoms with Crippen LogP contribution in [-0.4, -0.2) is 11.2 Å². The molecule has 0 aliphatic carbocycles. The smallest absolute Gasteiger partial charge is 0.123 e. The topological polar surface area (TPSA) is 20.2 Å². The van der Waals surface area contributed by atoms with Gasteiger partial charge in [-0.2, -0.15) is 0 Å². The van der Waals surface area contributed by atoms with Gasteiger partial charge in [0, 0.05) is 11.5 Å². The van der Waals surface area contributed by atoms with Crippen LogP contribution in [0.1, 0.15) is 19.4 Å². The summed E-state index contributed by atoms with van der Waals surface area (Å²) in [5.74, 6) is 5.74. The van der Waals surface area contributed by atoms with Crippen molar-refractivity contribution in [2.24, 2.45) is 5.92 Å². The minimum absolute atomic E-state index is 0.0575. The molecule has 0 aliphatic heterocycles. The van der Waals surface area contributed by atoms with Crippen LogP contribution >= 0.6 is 0 Å². The average molecular weight is 268 g/mol. The van der Waals surface area contributed by atoms with E-state index in [0.29, 0.717) is 0 Å². The molecule has 2 unspecified atom stereocenters. The summed E-state index contributed by atoms with van der Waals surface area (Å²) in [5, 5.41) is 9.38. The molecule has 0 saturated heterocycles. The Bertz CT molecular complexity index is 632. The average Bonchev–Trinajstić information content (AvgIpc) is 2.45. The van der Waals surface area contributed by atoms with Crippen molar-refractivity contribution in [3.05, 3.63) is 59.9 Å². The SMILES string of the molecule is CC(O)C(C)C#Cc1ccc(-c2cccc(F)c2)cc1. The molecular formula is C18H17FO. The summed E-state index contributed by atoms with van der Waals surface area (Å²) in [6.45, 7) is 3.62. The Morgan fingerprint density at radius 3 is 2.30 bits per heavy atom. The number of rotatable bonds is 2. The second-order valence-corrected chi connectivity index (χ2v) is 4.89. The van der Waals surface area contributed by atoms with Crippen LogP contribution in [0.5, 0.6) is 0 Å². The van der Waals surface area contributed by atoms with Gasteiger partial charge in [0.2, 0.25) is 0 Å². The summed E-state index contributed by atoms with van der Waals surface area (Å²) >= 11 is 0. The Morgan fingerprint density at radius 2 is 1.70 bits per heavy atom. The van der Waals surface area contributed by atoms with E-state index in [4.69, 9.17) is 0 Å². The maximum absolute atomic E-state index is 13.2. The van der Waals surface area contributed by atoms with Crippen molar-refractivity contribution < 1.29 is 9.50 Å². The number of aliphatic hydroxyl groups excluding tert-OH is 1. The third kappa shape index (κ3) is 3.69. The maximum atomic E-state index is 13.2. The lowest BCUT2D eigenvalue weighted by atomic mass is 10.0. The van der Waals surface area contributed by atoms with Gasteiger partial charge in [-0.25, -0.2) is 4.39 Å². The molecule has 0 spiro atoms. The van der Waals surface area contributed by atoms with Crippen molar-refractivity contribution in [3.8, 4) is 23.0 Å². The van der Waals surface area contributed by atoms with Crippen LogP contribution in [0.4, 0.5) is 4.39 Å². The van der Waals surface area contributed by atoms with Gasteiger partial charge in [0.1, 0.15) is 5.82 Å². The lowest BCUT2D eigenvalue weighted by Crippen LogP contribution is -2.10. The van der Waals surface area contributed by atoms with E-state index in [1.807, 2.05) is 37.3 Å². The standard InChI is InChI=1S/C18H17FO/c1-13(14(2)20)6-7-15-8-10-16(11-9-15)17-4-3-5-18(19)12-17/h3-5,8-14,20H,1-2H3. The molecule has 0 fully saturated rings. The Balaban J connectivity index is 2.18. The molecule has 1 N–H and O–H groups in total. The minimum Gasteiger partial charge on any atom is -0.392 e. The Morgan fingerprint density at radius 1 is 1.00 bits per heavy atom. The molecule has 2 atom stereocenters. The highest BCUT2D eigenvalue weighted by Crippen LogP contribution is 2.20. The lowest BCUT2D eigenvalue weighted by Gasteiger charge is -2.05. The fourth-order valence-electron chi connectivity index (χ4n) is 1.73. The number of halogens is 1. The quantitative estimate of drug-likeness (QED) is 0.820. The summed E-state index contributed by atoms with van der Waals surface area (Å²) in [6, 6.07) is 14.2. The van der Waals surface area contributed by atoms with E-state index in [2.05, 4.69) is 11.8 Å². The van der Waals surface area contributed by atoms with Crippen LogP contribution in [0.3, 0.4) is 0 Å². The first-order chi connectivity index (χ1) is 9.56. The molecule has 2 rings (SSSR count). The van der Waals surface area contributed by atoms with Crippen LogP contribution in [0.15, 0.2) is 48.5 Å². The first kappa shape index (κ1) is 14.3. The van der Waals surface area contributed by atoms with E-state index in [1.54, 1.807) is 13.0 Å². The zero-order chi connectivity index (χ0) is 14.5. The zero-order valence-corrected chi connectivity index (χ0v) is 11.6. The fraction of sp³-hybridized carbons (Fsp3) is 0.222. The third-order valence-electron chi connectivity index (χ3n) is 3.21. The molecule has 0 radical (unpaired) electrons. The van der Waals surface area contributed by atoms with E-state index in [1.165, 1.54) is 12.1 Å². The van der Waals surface area contributed by atoms with Crippen molar-refractivity contribution in [2.75, 3.05) is 0 Å². The summed E-state index contributed by atoms with van der Waals surface area (Å²) in [4.78, 5) is 0. The summed E-state index contributed by atoms with van der Waals surface area (Å²) < 4.78 is 13.2. The van der Waals surface area contributed by atoms with Crippen LogP contribution in [0.25, 0.3) is 11.1 Å². The number of benzene rings is 2. The number of hydrogen-bond acceptors (Lipinski definition) is 1. The number of hydrogen-bond donors (Lipinski definition) is 1. The van der Waals surface area contributed by atoms with Gasteiger partial charge in [-0.05, 0) is 49.2 Å². The summed E-state index contributed by atoms with van der Waals surface area (Å²) in [7, 11) is 0. The normalized spacial score (nSPS) is 13.2. The van der Waals surface area contributed by atoms with Crippen LogP contribution in [0.2, 0.25) is 0 Å². The molecule has 0 heterocycles. The van der Waals surface area contributed by atoms with E-state index >= 15 is 0 Å². The summed E-state index contributed by atoms with van der Waals surface area (Å²) in [5.41, 5.74) is 2.69. The van der Waals surface area contributed by atoms with Crippen molar-refractivity contribution in [2.45, 2.75) is 20.0 Å². The highest BCUT2D eigenvalue weighted by Gasteiger charge is 2.03. The number of aliphatic hydroxyl groups is 1. The van der Waals surface area contributed by atoms with Gasteiger partial charge < -0.3 is 5.11 Å². The molecule has 102 valence electrons. The molecule has 2 heteroatoms. The van der Waals surface area contributed by atoms with Gasteiger partial charge >= 0.3 is 0 Å². The molecule has 20 heavy (non-hydrogen) atoms. The molecule has 0 aromatic heterocycles. The lowest BCUT2D eigenvalue weighted by molar-refractivity contribution is 0.161. The first-order valence-electron chi connectivity index (χ1n) is 6.62. The Hall–Kier alpha value is -2.11. The molecule has 1 nitrogen and oxygen atoms in total. The minimum atomic E-state index is -0.436. The Labute approximate surface area is 119 Å². The predicted octanol–water partition coefficient (Wildman–Crippen LogP) is 3.86. The Kier molecular flexibility index (Phi) is 4.55. The third-order valence-corrected chi connectivity index (χ3v) is 3.21. The van der Waals surface area contributed by atoms with Gasteiger partial charge in [-0.1, -0.05) is 36.1 Å². The molecule has 2 aromatic rings.